The molecule has 0 bridgehead atoms. The van der Waals surface area contributed by atoms with Gasteiger partial charge in [0.2, 0.25) is 0 Å². The number of azo groups is 2. The molecule has 0 atom stereocenters. The van der Waals surface area contributed by atoms with Crippen LogP contribution in [-0.2, 0) is 69.1 Å². The van der Waals surface area contributed by atoms with Crippen LogP contribution in [0.2, 0.25) is 0 Å². The maximum atomic E-state index is 12.9. The number of aromatic hydroxyl groups is 1. The van der Waals surface area contributed by atoms with Crippen molar-refractivity contribution in [1.82, 2.24) is 0 Å². The molecule has 0 saturated heterocycles. The minimum Gasteiger partial charge on any atom is -0.505 e. The number of phenols is 1. The van der Waals surface area contributed by atoms with Crippen LogP contribution < -0.4 is 15.2 Å². The average Bonchev–Trinajstić information content (AvgIpc) is 3.11. The number of nitrogen functional groups attached to an aromatic ring is 1. The fourth-order valence-electron chi connectivity index (χ4n) is 4.91. The standard InChI is InChI=1S/C28H29N5O21S6/c1-51-21-14-24(56(37,38)10-8-54-60(48,49)50)22(52-2)13-20(21)31-33-27-25(58(42,43)44)12-17-16(28(27)34)4-5-18(29)26(17)32-30-19-6-3-15(11-23(19)57(39,40)41)55(35,36)9-7-53-59(45,46)47/h3-6,11-14,34H,7-10,29H2,1-2H3,(H,39,40,41)(H,42,43,44)(H,45,46,47)(H,48,49,50)/b32-30+,33-31+. The molecule has 0 radical (unpaired) electrons. The molecule has 0 aliphatic rings. The van der Waals surface area contributed by atoms with Crippen molar-refractivity contribution in [3.8, 4) is 17.2 Å². The largest absolute Gasteiger partial charge is 0.505 e. The fourth-order valence-corrected chi connectivity index (χ4v) is 9.45. The summed E-state index contributed by atoms with van der Waals surface area (Å²) in [5.41, 5.74) is 3.27. The minimum absolute atomic E-state index is 0.291. The van der Waals surface area contributed by atoms with Crippen LogP contribution in [0.25, 0.3) is 10.8 Å². The monoisotopic (exact) mass is 963 g/mol. The Balaban J connectivity index is 1.84. The van der Waals surface area contributed by atoms with Crippen molar-refractivity contribution < 1.29 is 91.7 Å². The van der Waals surface area contributed by atoms with Gasteiger partial charge in [-0.1, -0.05) is 0 Å². The summed E-state index contributed by atoms with van der Waals surface area (Å²) < 4.78 is 200. The van der Waals surface area contributed by atoms with Gasteiger partial charge in [-0.2, -0.15) is 33.7 Å². The highest BCUT2D eigenvalue weighted by Gasteiger charge is 2.27. The van der Waals surface area contributed by atoms with Gasteiger partial charge in [0.15, 0.2) is 25.4 Å². The highest BCUT2D eigenvalue weighted by Crippen LogP contribution is 2.47. The van der Waals surface area contributed by atoms with E-state index in [1.807, 2.05) is 0 Å². The summed E-state index contributed by atoms with van der Waals surface area (Å²) in [5.74, 6) is -3.81. The molecule has 0 aliphatic carbocycles. The third-order valence-electron chi connectivity index (χ3n) is 7.57. The molecule has 0 heterocycles. The number of rotatable bonds is 18. The van der Waals surface area contributed by atoms with Crippen LogP contribution in [0.1, 0.15) is 0 Å². The molecule has 4 rings (SSSR count). The Morgan fingerprint density at radius 2 is 1.08 bits per heavy atom. The summed E-state index contributed by atoms with van der Waals surface area (Å²) in [6, 6.07) is 6.78. The Morgan fingerprint density at radius 3 is 1.62 bits per heavy atom. The number of sulfone groups is 2. The van der Waals surface area contributed by atoms with E-state index in [0.29, 0.717) is 12.1 Å². The molecule has 0 aliphatic heterocycles. The second-order valence-corrected chi connectivity index (χ2v) is 20.6. The number of methoxy groups -OCH3 is 2. The molecule has 4 aromatic carbocycles. The second-order valence-electron chi connectivity index (χ2n) is 11.5. The van der Waals surface area contributed by atoms with Crippen molar-refractivity contribution in [2.75, 3.05) is 44.7 Å². The number of hydrogen-bond acceptors (Lipinski definition) is 22. The fraction of sp³-hybridized carbons (Fsp3) is 0.214. The lowest BCUT2D eigenvalue weighted by Crippen LogP contribution is -2.16. The molecule has 60 heavy (non-hydrogen) atoms. The molecular formula is C28H29N5O21S6. The molecule has 4 aromatic rings. The highest BCUT2D eigenvalue weighted by molar-refractivity contribution is 7.92. The molecule has 0 amide bonds. The van der Waals surface area contributed by atoms with E-state index in [0.717, 1.165) is 50.6 Å². The van der Waals surface area contributed by atoms with Gasteiger partial charge in [-0.15, -0.1) is 20.5 Å². The normalized spacial score (nSPS) is 13.4. The SMILES string of the molecule is COc1cc(S(=O)(=O)CCOS(=O)(=O)O)c(OC)cc1/N=N/c1c(S(=O)(=O)O)cc2c(/N=N/c3ccc(S(=O)(=O)CCOS(=O)(=O)O)cc3S(=O)(=O)O)c(N)ccc2c1O. The first kappa shape index (κ1) is 47.7. The first-order valence-corrected chi connectivity index (χ1v) is 24.4. The van der Waals surface area contributed by atoms with E-state index in [2.05, 4.69) is 28.8 Å². The summed E-state index contributed by atoms with van der Waals surface area (Å²) in [4.78, 5) is -3.62. The van der Waals surface area contributed by atoms with Crippen molar-refractivity contribution in [2.24, 2.45) is 20.5 Å². The summed E-state index contributed by atoms with van der Waals surface area (Å²) in [6.45, 7) is -2.06. The number of hydrogen-bond donors (Lipinski definition) is 6. The van der Waals surface area contributed by atoms with E-state index in [1.54, 1.807) is 0 Å². The molecule has 7 N–H and O–H groups in total. The van der Waals surface area contributed by atoms with Gasteiger partial charge in [0.05, 0.1) is 49.5 Å². The first-order chi connectivity index (χ1) is 27.5. The van der Waals surface area contributed by atoms with Crippen LogP contribution in [0.5, 0.6) is 17.2 Å². The Morgan fingerprint density at radius 1 is 0.550 bits per heavy atom. The minimum atomic E-state index is -5.34. The molecular weight excluding hydrogens is 935 g/mol. The quantitative estimate of drug-likeness (QED) is 0.0474. The lowest BCUT2D eigenvalue weighted by molar-refractivity contribution is 0.282. The Bertz CT molecular complexity index is 3120. The number of nitrogens with two attached hydrogens (primary N) is 1. The van der Waals surface area contributed by atoms with E-state index < -0.39 is 134 Å². The van der Waals surface area contributed by atoms with E-state index in [4.69, 9.17) is 24.3 Å². The van der Waals surface area contributed by atoms with E-state index in [-0.39, 0.29) is 27.9 Å². The van der Waals surface area contributed by atoms with Crippen molar-refractivity contribution in [3.63, 3.8) is 0 Å². The Labute approximate surface area is 340 Å². The maximum Gasteiger partial charge on any atom is 0.397 e. The number of ether oxygens (including phenoxy) is 2. The van der Waals surface area contributed by atoms with Crippen molar-refractivity contribution in [2.45, 2.75) is 19.6 Å². The van der Waals surface area contributed by atoms with Gasteiger partial charge in [0.25, 0.3) is 20.2 Å². The zero-order chi connectivity index (χ0) is 45.2. The lowest BCUT2D eigenvalue weighted by atomic mass is 10.1. The molecule has 0 fully saturated rings. The van der Waals surface area contributed by atoms with Gasteiger partial charge >= 0.3 is 20.8 Å². The third-order valence-corrected chi connectivity index (χ3v) is 13.6. The molecule has 0 spiro atoms. The smallest absolute Gasteiger partial charge is 0.397 e. The van der Waals surface area contributed by atoms with Crippen LogP contribution in [-0.4, -0.2) is 113 Å². The van der Waals surface area contributed by atoms with Gasteiger partial charge in [0.1, 0.15) is 48.9 Å². The van der Waals surface area contributed by atoms with Gasteiger partial charge in [-0.05, 0) is 36.4 Å². The summed E-state index contributed by atoms with van der Waals surface area (Å²) in [5, 5.41) is 25.7. The first-order valence-electron chi connectivity index (χ1n) is 15.4. The number of phenolic OH excluding ortho intramolecular Hbond substituents is 1. The molecule has 26 nitrogen and oxygen atoms in total. The topological polar surface area (TPSA) is 418 Å². The van der Waals surface area contributed by atoms with E-state index in [9.17, 15) is 64.7 Å². The molecule has 328 valence electrons. The number of nitrogens with zero attached hydrogens (tertiary/aromatic N) is 4. The van der Waals surface area contributed by atoms with E-state index in [1.165, 1.54) is 0 Å². The van der Waals surface area contributed by atoms with Crippen LogP contribution in [0.15, 0.2) is 88.6 Å². The zero-order valence-electron chi connectivity index (χ0n) is 30.0. The third kappa shape index (κ3) is 11.6. The summed E-state index contributed by atoms with van der Waals surface area (Å²) >= 11 is 0. The Kier molecular flexibility index (Phi) is 13.9. The molecule has 0 unspecified atom stereocenters. The predicted molar refractivity (Wildman–Crippen MR) is 203 cm³/mol. The van der Waals surface area contributed by atoms with Gasteiger partial charge in [0, 0.05) is 22.9 Å². The van der Waals surface area contributed by atoms with Crippen molar-refractivity contribution >= 4 is 99.9 Å². The van der Waals surface area contributed by atoms with Gasteiger partial charge in [-0.3, -0.25) is 18.2 Å². The highest BCUT2D eigenvalue weighted by atomic mass is 32.3. The summed E-state index contributed by atoms with van der Waals surface area (Å²) in [6.07, 6.45) is 0. The number of benzene rings is 4. The number of fused-ring (bicyclic) bond motifs is 1. The van der Waals surface area contributed by atoms with E-state index >= 15 is 0 Å². The van der Waals surface area contributed by atoms with Crippen LogP contribution in [0, 0.1) is 0 Å². The Hall–Kier alpha value is -5.00. The molecule has 0 saturated carbocycles. The van der Waals surface area contributed by atoms with Gasteiger partial charge < -0.3 is 20.3 Å². The van der Waals surface area contributed by atoms with Crippen LogP contribution in [0.4, 0.5) is 28.4 Å². The zero-order valence-corrected chi connectivity index (χ0v) is 34.9. The number of anilines is 1. The second kappa shape index (κ2) is 17.5. The molecule has 0 aromatic heterocycles. The van der Waals surface area contributed by atoms with Crippen molar-refractivity contribution in [1.29, 1.82) is 0 Å². The van der Waals surface area contributed by atoms with Gasteiger partial charge in [-0.25, -0.2) is 25.2 Å². The maximum absolute atomic E-state index is 12.9. The van der Waals surface area contributed by atoms with Crippen LogP contribution >= 0.6 is 0 Å². The van der Waals surface area contributed by atoms with Crippen molar-refractivity contribution in [3.05, 3.63) is 48.5 Å². The average molecular weight is 964 g/mol. The molecule has 32 heteroatoms. The summed E-state index contributed by atoms with van der Waals surface area (Å²) in [7, 11) is -27.4. The predicted octanol–water partition coefficient (Wildman–Crippen LogP) is 2.66. The van der Waals surface area contributed by atoms with Crippen LogP contribution in [0.3, 0.4) is 0 Å². The lowest BCUT2D eigenvalue weighted by Gasteiger charge is -2.13.